The molecule has 0 heterocycles. The summed E-state index contributed by atoms with van der Waals surface area (Å²) in [6.07, 6.45) is 4.05. The van der Waals surface area contributed by atoms with Gasteiger partial charge in [0.25, 0.3) is 0 Å². The highest BCUT2D eigenvalue weighted by molar-refractivity contribution is 5.66. The van der Waals surface area contributed by atoms with Gasteiger partial charge in [0.05, 0.1) is 0 Å². The van der Waals surface area contributed by atoms with Gasteiger partial charge in [-0.2, -0.15) is 0 Å². The summed E-state index contributed by atoms with van der Waals surface area (Å²) >= 11 is 0. The third kappa shape index (κ3) is 3.54. The molecular weight excluding hydrogens is 235 g/mol. The van der Waals surface area contributed by atoms with Gasteiger partial charge in [-0.15, -0.1) is 0 Å². The van der Waals surface area contributed by atoms with Crippen LogP contribution in [0.3, 0.4) is 0 Å². The summed E-state index contributed by atoms with van der Waals surface area (Å²) in [7, 11) is 0. The van der Waals surface area contributed by atoms with Crippen molar-refractivity contribution in [3.63, 3.8) is 0 Å². The van der Waals surface area contributed by atoms with Crippen molar-refractivity contribution in [2.75, 3.05) is 0 Å². The van der Waals surface area contributed by atoms with Crippen LogP contribution in [0.2, 0.25) is 0 Å². The van der Waals surface area contributed by atoms with Crippen molar-refractivity contribution in [3.05, 3.63) is 77.1 Å². The number of hydrogen-bond donors (Lipinski definition) is 0. The van der Waals surface area contributed by atoms with E-state index < -0.39 is 0 Å². The Balaban J connectivity index is 2.13. The second-order valence-electron chi connectivity index (χ2n) is 4.76. The van der Waals surface area contributed by atoms with Crippen LogP contribution in [0.25, 0.3) is 5.57 Å². The van der Waals surface area contributed by atoms with E-state index in [0.717, 1.165) is 12.8 Å². The number of aryl methyl sites for hydroxylation is 2. The average Bonchev–Trinajstić information content (AvgIpc) is 2.46. The first-order valence-corrected chi connectivity index (χ1v) is 6.66. The van der Waals surface area contributed by atoms with Gasteiger partial charge in [-0.25, -0.2) is 4.39 Å². The van der Waals surface area contributed by atoms with Gasteiger partial charge in [-0.05, 0) is 61.1 Å². The predicted molar refractivity (Wildman–Crippen MR) is 79.6 cm³/mol. The Hall–Kier alpha value is -1.89. The highest BCUT2D eigenvalue weighted by Gasteiger charge is 2.03. The highest BCUT2D eigenvalue weighted by Crippen LogP contribution is 2.20. The molecule has 0 aliphatic carbocycles. The van der Waals surface area contributed by atoms with Crippen molar-refractivity contribution in [1.29, 1.82) is 0 Å². The molecule has 0 unspecified atom stereocenters. The van der Waals surface area contributed by atoms with Crippen molar-refractivity contribution in [1.82, 2.24) is 0 Å². The molecule has 2 rings (SSSR count). The molecule has 0 aromatic heterocycles. The number of benzene rings is 2. The van der Waals surface area contributed by atoms with Crippen LogP contribution in [0.1, 0.15) is 30.5 Å². The molecule has 0 aliphatic heterocycles. The molecule has 0 amide bonds. The molecule has 1 heteroatoms. The molecule has 2 aromatic rings. The molecular formula is C18H19F. The van der Waals surface area contributed by atoms with E-state index in [1.807, 2.05) is 12.1 Å². The van der Waals surface area contributed by atoms with E-state index in [-0.39, 0.29) is 5.82 Å². The lowest BCUT2D eigenvalue weighted by atomic mass is 9.96. The lowest BCUT2D eigenvalue weighted by Crippen LogP contribution is -1.96. The standard InChI is InChI=1S/C18H19F/c1-3-14(2)18-7-5-4-6-16(18)11-8-15-9-12-17(19)13-10-15/h3-7,9-10,12-13H,8,11H2,1-2H3/b14-3-. The van der Waals surface area contributed by atoms with E-state index in [9.17, 15) is 4.39 Å². The zero-order chi connectivity index (χ0) is 13.7. The van der Waals surface area contributed by atoms with Crippen molar-refractivity contribution in [2.45, 2.75) is 26.7 Å². The Kier molecular flexibility index (Phi) is 4.51. The largest absolute Gasteiger partial charge is 0.207 e. The Morgan fingerprint density at radius 3 is 2.37 bits per heavy atom. The minimum absolute atomic E-state index is 0.172. The summed E-state index contributed by atoms with van der Waals surface area (Å²) in [6.45, 7) is 4.20. The topological polar surface area (TPSA) is 0 Å². The molecule has 19 heavy (non-hydrogen) atoms. The zero-order valence-corrected chi connectivity index (χ0v) is 11.5. The number of rotatable bonds is 4. The lowest BCUT2D eigenvalue weighted by molar-refractivity contribution is 0.627. The Morgan fingerprint density at radius 2 is 1.68 bits per heavy atom. The first-order chi connectivity index (χ1) is 9.20. The van der Waals surface area contributed by atoms with Crippen LogP contribution in [0, 0.1) is 5.82 Å². The molecule has 0 radical (unpaired) electrons. The lowest BCUT2D eigenvalue weighted by Gasteiger charge is -2.10. The van der Waals surface area contributed by atoms with E-state index in [4.69, 9.17) is 0 Å². The summed E-state index contributed by atoms with van der Waals surface area (Å²) in [4.78, 5) is 0. The van der Waals surface area contributed by atoms with Crippen LogP contribution in [-0.2, 0) is 12.8 Å². The minimum Gasteiger partial charge on any atom is -0.207 e. The molecule has 0 atom stereocenters. The van der Waals surface area contributed by atoms with E-state index in [1.165, 1.54) is 34.4 Å². The normalized spacial score (nSPS) is 11.6. The van der Waals surface area contributed by atoms with Gasteiger partial charge < -0.3 is 0 Å². The second-order valence-corrected chi connectivity index (χ2v) is 4.76. The van der Waals surface area contributed by atoms with E-state index in [1.54, 1.807) is 0 Å². The molecule has 0 fully saturated rings. The summed E-state index contributed by atoms with van der Waals surface area (Å²) in [5.74, 6) is -0.172. The molecule has 0 saturated carbocycles. The molecule has 0 N–H and O–H groups in total. The van der Waals surface area contributed by atoms with Crippen LogP contribution in [-0.4, -0.2) is 0 Å². The first-order valence-electron chi connectivity index (χ1n) is 6.66. The monoisotopic (exact) mass is 254 g/mol. The quantitative estimate of drug-likeness (QED) is 0.717. The van der Waals surface area contributed by atoms with Crippen molar-refractivity contribution in [2.24, 2.45) is 0 Å². The zero-order valence-electron chi connectivity index (χ0n) is 11.5. The molecule has 0 bridgehead atoms. The van der Waals surface area contributed by atoms with Gasteiger partial charge in [-0.3, -0.25) is 0 Å². The number of halogens is 1. The maximum absolute atomic E-state index is 12.9. The molecule has 0 aliphatic rings. The summed E-state index contributed by atoms with van der Waals surface area (Å²) in [5, 5.41) is 0. The Morgan fingerprint density at radius 1 is 1.00 bits per heavy atom. The van der Waals surface area contributed by atoms with E-state index >= 15 is 0 Å². The van der Waals surface area contributed by atoms with Crippen LogP contribution in [0.15, 0.2) is 54.6 Å². The van der Waals surface area contributed by atoms with Gasteiger partial charge in [0, 0.05) is 0 Å². The minimum atomic E-state index is -0.172. The maximum Gasteiger partial charge on any atom is 0.123 e. The third-order valence-corrected chi connectivity index (χ3v) is 3.47. The number of hydrogen-bond acceptors (Lipinski definition) is 0. The summed E-state index contributed by atoms with van der Waals surface area (Å²) in [6, 6.07) is 15.3. The molecule has 0 nitrogen and oxygen atoms in total. The second kappa shape index (κ2) is 6.33. The fourth-order valence-electron chi connectivity index (χ4n) is 2.21. The van der Waals surface area contributed by atoms with Crippen LogP contribution < -0.4 is 0 Å². The van der Waals surface area contributed by atoms with Crippen molar-refractivity contribution < 1.29 is 4.39 Å². The van der Waals surface area contributed by atoms with Crippen molar-refractivity contribution in [3.8, 4) is 0 Å². The van der Waals surface area contributed by atoms with Crippen molar-refractivity contribution >= 4 is 5.57 Å². The average molecular weight is 254 g/mol. The molecule has 0 saturated heterocycles. The fourth-order valence-corrected chi connectivity index (χ4v) is 2.21. The fraction of sp³-hybridized carbons (Fsp3) is 0.222. The predicted octanol–water partition coefficient (Wildman–Crippen LogP) is 5.03. The SMILES string of the molecule is C/C=C(/C)c1ccccc1CCc1ccc(F)cc1. The van der Waals surface area contributed by atoms with Gasteiger partial charge >= 0.3 is 0 Å². The molecule has 0 spiro atoms. The molecule has 2 aromatic carbocycles. The molecule has 98 valence electrons. The van der Waals surface area contributed by atoms with Crippen LogP contribution in [0.5, 0.6) is 0 Å². The van der Waals surface area contributed by atoms with Gasteiger partial charge in [0.1, 0.15) is 5.82 Å². The Labute approximate surface area is 114 Å². The van der Waals surface area contributed by atoms with Crippen LogP contribution >= 0.6 is 0 Å². The smallest absolute Gasteiger partial charge is 0.123 e. The number of allylic oxidation sites excluding steroid dienone is 2. The maximum atomic E-state index is 12.9. The third-order valence-electron chi connectivity index (χ3n) is 3.47. The van der Waals surface area contributed by atoms with E-state index in [0.29, 0.717) is 0 Å². The van der Waals surface area contributed by atoms with E-state index in [2.05, 4.69) is 44.2 Å². The van der Waals surface area contributed by atoms with Gasteiger partial charge in [0.2, 0.25) is 0 Å². The highest BCUT2D eigenvalue weighted by atomic mass is 19.1. The summed E-state index contributed by atoms with van der Waals surface area (Å²) < 4.78 is 12.9. The van der Waals surface area contributed by atoms with Gasteiger partial charge in [0.15, 0.2) is 0 Å². The van der Waals surface area contributed by atoms with Crippen LogP contribution in [0.4, 0.5) is 4.39 Å². The van der Waals surface area contributed by atoms with Gasteiger partial charge in [-0.1, -0.05) is 42.5 Å². The Bertz CT molecular complexity index is 564. The first kappa shape index (κ1) is 13.5. The summed E-state index contributed by atoms with van der Waals surface area (Å²) in [5.41, 5.74) is 5.14.